The smallest absolute Gasteiger partial charge is 0.0992 e. The summed E-state index contributed by atoms with van der Waals surface area (Å²) in [5.74, 6) is 0. The first-order valence-corrected chi connectivity index (χ1v) is 7.41. The van der Waals surface area contributed by atoms with E-state index in [1.165, 1.54) is 5.56 Å². The number of halogens is 1. The predicted molar refractivity (Wildman–Crippen MR) is 86.6 cm³/mol. The van der Waals surface area contributed by atoms with Crippen LogP contribution in [0.3, 0.4) is 0 Å². The van der Waals surface area contributed by atoms with Gasteiger partial charge in [-0.1, -0.05) is 30.3 Å². The second-order valence-electron chi connectivity index (χ2n) is 4.99. The van der Waals surface area contributed by atoms with Crippen molar-refractivity contribution in [1.82, 2.24) is 0 Å². The third-order valence-electron chi connectivity index (χ3n) is 3.21. The number of anilines is 1. The fourth-order valence-electron chi connectivity index (χ4n) is 2.14. The number of hydrogen-bond acceptors (Lipinski definition) is 2. The van der Waals surface area contributed by atoms with Gasteiger partial charge in [-0.05, 0) is 53.5 Å². The van der Waals surface area contributed by atoms with E-state index < -0.39 is 0 Å². The van der Waals surface area contributed by atoms with Crippen LogP contribution in [-0.4, -0.2) is 6.04 Å². The lowest BCUT2D eigenvalue weighted by atomic mass is 10.1. The van der Waals surface area contributed by atoms with Crippen LogP contribution < -0.4 is 4.90 Å². The summed E-state index contributed by atoms with van der Waals surface area (Å²) in [5.41, 5.74) is 3.06. The van der Waals surface area contributed by atoms with Crippen molar-refractivity contribution in [2.75, 3.05) is 4.90 Å². The van der Waals surface area contributed by atoms with E-state index in [1.54, 1.807) is 0 Å². The molecule has 0 saturated heterocycles. The van der Waals surface area contributed by atoms with Crippen molar-refractivity contribution in [1.29, 1.82) is 5.26 Å². The first-order chi connectivity index (χ1) is 9.61. The summed E-state index contributed by atoms with van der Waals surface area (Å²) in [6, 6.07) is 18.7. The molecule has 0 fully saturated rings. The van der Waals surface area contributed by atoms with Crippen molar-refractivity contribution >= 4 is 21.6 Å². The number of rotatable bonds is 4. The van der Waals surface area contributed by atoms with Crippen LogP contribution >= 0.6 is 15.9 Å². The van der Waals surface area contributed by atoms with E-state index in [4.69, 9.17) is 5.26 Å². The Kier molecular flexibility index (Phi) is 4.81. The molecule has 0 bridgehead atoms. The molecule has 2 rings (SSSR count). The molecular formula is C17H17BrN2. The molecule has 0 saturated carbocycles. The van der Waals surface area contributed by atoms with Crippen molar-refractivity contribution in [3.8, 4) is 6.07 Å². The molecule has 0 heterocycles. The Bertz CT molecular complexity index is 615. The van der Waals surface area contributed by atoms with Crippen molar-refractivity contribution in [2.24, 2.45) is 0 Å². The SMILES string of the molecule is CC(C)N(Cc1ccccc1)c1ccc(C#N)cc1Br. The van der Waals surface area contributed by atoms with E-state index in [0.29, 0.717) is 11.6 Å². The maximum absolute atomic E-state index is 8.95. The predicted octanol–water partition coefficient (Wildman–Crippen LogP) is 4.74. The summed E-state index contributed by atoms with van der Waals surface area (Å²) in [6.07, 6.45) is 0. The van der Waals surface area contributed by atoms with Gasteiger partial charge in [0, 0.05) is 17.1 Å². The molecule has 20 heavy (non-hydrogen) atoms. The number of nitriles is 1. The van der Waals surface area contributed by atoms with Crippen molar-refractivity contribution < 1.29 is 0 Å². The molecule has 0 atom stereocenters. The highest BCUT2D eigenvalue weighted by Crippen LogP contribution is 2.30. The van der Waals surface area contributed by atoms with Gasteiger partial charge in [0.2, 0.25) is 0 Å². The molecule has 2 aromatic carbocycles. The second kappa shape index (κ2) is 6.58. The summed E-state index contributed by atoms with van der Waals surface area (Å²) < 4.78 is 0.959. The van der Waals surface area contributed by atoms with E-state index in [-0.39, 0.29) is 0 Å². The van der Waals surface area contributed by atoms with Crippen LogP contribution in [0.1, 0.15) is 25.0 Å². The Balaban J connectivity index is 2.32. The molecular weight excluding hydrogens is 312 g/mol. The molecule has 0 N–H and O–H groups in total. The monoisotopic (exact) mass is 328 g/mol. The Hall–Kier alpha value is -1.79. The van der Waals surface area contributed by atoms with Gasteiger partial charge < -0.3 is 4.90 Å². The minimum absolute atomic E-state index is 0.374. The molecule has 0 aliphatic heterocycles. The zero-order valence-electron chi connectivity index (χ0n) is 11.7. The van der Waals surface area contributed by atoms with E-state index in [9.17, 15) is 0 Å². The molecule has 0 aromatic heterocycles. The molecule has 0 unspecified atom stereocenters. The van der Waals surface area contributed by atoms with Gasteiger partial charge in [-0.25, -0.2) is 0 Å². The summed E-state index contributed by atoms with van der Waals surface area (Å²) in [7, 11) is 0. The molecule has 0 radical (unpaired) electrons. The number of nitrogens with zero attached hydrogens (tertiary/aromatic N) is 2. The normalized spacial score (nSPS) is 10.3. The van der Waals surface area contributed by atoms with Crippen LogP contribution in [-0.2, 0) is 6.54 Å². The summed E-state index contributed by atoms with van der Waals surface area (Å²) in [4.78, 5) is 2.32. The zero-order chi connectivity index (χ0) is 14.5. The topological polar surface area (TPSA) is 27.0 Å². The first kappa shape index (κ1) is 14.6. The molecule has 0 aliphatic rings. The first-order valence-electron chi connectivity index (χ1n) is 6.62. The fourth-order valence-corrected chi connectivity index (χ4v) is 2.74. The molecule has 2 nitrogen and oxygen atoms in total. The van der Waals surface area contributed by atoms with E-state index >= 15 is 0 Å². The average Bonchev–Trinajstić information content (AvgIpc) is 2.46. The lowest BCUT2D eigenvalue weighted by Gasteiger charge is -2.30. The lowest BCUT2D eigenvalue weighted by Crippen LogP contribution is -2.30. The van der Waals surface area contributed by atoms with Crippen LogP contribution in [0.2, 0.25) is 0 Å². The van der Waals surface area contributed by atoms with E-state index in [0.717, 1.165) is 16.7 Å². The minimum Gasteiger partial charge on any atom is -0.364 e. The van der Waals surface area contributed by atoms with Crippen LogP contribution in [0.4, 0.5) is 5.69 Å². The van der Waals surface area contributed by atoms with Gasteiger partial charge in [-0.15, -0.1) is 0 Å². The fraction of sp³-hybridized carbons (Fsp3) is 0.235. The average molecular weight is 329 g/mol. The maximum Gasteiger partial charge on any atom is 0.0992 e. The number of benzene rings is 2. The Labute approximate surface area is 128 Å². The van der Waals surface area contributed by atoms with Gasteiger partial charge in [0.1, 0.15) is 0 Å². The van der Waals surface area contributed by atoms with Crippen molar-refractivity contribution in [3.63, 3.8) is 0 Å². The highest BCUT2D eigenvalue weighted by Gasteiger charge is 2.14. The van der Waals surface area contributed by atoms with E-state index in [2.05, 4.69) is 65.0 Å². The van der Waals surface area contributed by atoms with Crippen molar-refractivity contribution in [2.45, 2.75) is 26.4 Å². The largest absolute Gasteiger partial charge is 0.364 e. The maximum atomic E-state index is 8.95. The van der Waals surface area contributed by atoms with Crippen LogP contribution in [0.25, 0.3) is 0 Å². The molecule has 0 amide bonds. The third-order valence-corrected chi connectivity index (χ3v) is 3.84. The Morgan fingerprint density at radius 1 is 1.15 bits per heavy atom. The zero-order valence-corrected chi connectivity index (χ0v) is 13.3. The summed E-state index contributed by atoms with van der Waals surface area (Å²) >= 11 is 3.58. The summed E-state index contributed by atoms with van der Waals surface area (Å²) in [6.45, 7) is 5.20. The molecule has 3 heteroatoms. The van der Waals surface area contributed by atoms with Gasteiger partial charge in [-0.3, -0.25) is 0 Å². The van der Waals surface area contributed by atoms with Crippen molar-refractivity contribution in [3.05, 3.63) is 64.1 Å². The lowest BCUT2D eigenvalue weighted by molar-refractivity contribution is 0.681. The number of hydrogen-bond donors (Lipinski definition) is 0. The van der Waals surface area contributed by atoms with Gasteiger partial charge in [0.15, 0.2) is 0 Å². The highest BCUT2D eigenvalue weighted by atomic mass is 79.9. The van der Waals surface area contributed by atoms with Gasteiger partial charge >= 0.3 is 0 Å². The molecule has 102 valence electrons. The van der Waals surface area contributed by atoms with Gasteiger partial charge in [-0.2, -0.15) is 5.26 Å². The quantitative estimate of drug-likeness (QED) is 0.810. The highest BCUT2D eigenvalue weighted by molar-refractivity contribution is 9.10. The Morgan fingerprint density at radius 2 is 1.85 bits per heavy atom. The molecule has 0 aliphatic carbocycles. The van der Waals surface area contributed by atoms with Crippen LogP contribution in [0.15, 0.2) is 53.0 Å². The van der Waals surface area contributed by atoms with Gasteiger partial charge in [0.05, 0.1) is 17.3 Å². The Morgan fingerprint density at radius 3 is 2.40 bits per heavy atom. The summed E-state index contributed by atoms with van der Waals surface area (Å²) in [5, 5.41) is 8.95. The molecule has 0 spiro atoms. The van der Waals surface area contributed by atoms with Crippen LogP contribution in [0.5, 0.6) is 0 Å². The minimum atomic E-state index is 0.374. The molecule has 2 aromatic rings. The van der Waals surface area contributed by atoms with Gasteiger partial charge in [0.25, 0.3) is 0 Å². The third kappa shape index (κ3) is 3.40. The standard InChI is InChI=1S/C17H17BrN2/c1-13(2)20(12-14-6-4-3-5-7-14)17-9-8-15(11-19)10-16(17)18/h3-10,13H,12H2,1-2H3. The van der Waals surface area contributed by atoms with E-state index in [1.807, 2.05) is 24.3 Å². The second-order valence-corrected chi connectivity index (χ2v) is 5.84. The van der Waals surface area contributed by atoms with Crippen LogP contribution in [0, 0.1) is 11.3 Å².